The minimum Gasteiger partial charge on any atom is -0.508 e. The van der Waals surface area contributed by atoms with Crippen LogP contribution in [0.2, 0.25) is 5.15 Å². The van der Waals surface area contributed by atoms with Gasteiger partial charge in [-0.3, -0.25) is 4.79 Å². The van der Waals surface area contributed by atoms with Gasteiger partial charge in [0.15, 0.2) is 5.15 Å². The number of aromatic hydroxyl groups is 1. The van der Waals surface area contributed by atoms with E-state index in [0.29, 0.717) is 28.6 Å². The summed E-state index contributed by atoms with van der Waals surface area (Å²) in [5, 5.41) is 33.6. The summed E-state index contributed by atoms with van der Waals surface area (Å²) in [7, 11) is 0. The second-order valence-corrected chi connectivity index (χ2v) is 8.53. The highest BCUT2D eigenvalue weighted by molar-refractivity contribution is 6.30. The van der Waals surface area contributed by atoms with E-state index in [1.807, 2.05) is 16.7 Å². The molecule has 1 aromatic heterocycles. The SMILES string of the molecule is CCCCc1nc(Cl)c(CO)n1Cc1ccc(NC(=O)[C@H](Cc2ccc(O)cc2)NC(=O)O)cc1. The standard InChI is InChI=1S/C25H29ClN4O5/c1-2-3-4-22-29-23(26)21(15-31)30(22)14-17-5-9-18(10-6-17)27-24(33)20(28-25(34)35)13-16-7-11-19(32)12-8-16/h5-12,20,28,31-32H,2-4,13-15H2,1H3,(H,27,33)(H,34,35)/t20-/m0/s1. The average molecular weight is 501 g/mol. The second-order valence-electron chi connectivity index (χ2n) is 8.17. The van der Waals surface area contributed by atoms with Gasteiger partial charge in [0.05, 0.1) is 12.3 Å². The van der Waals surface area contributed by atoms with E-state index in [4.69, 9.17) is 16.7 Å². The number of carboxylic acid groups (broad SMARTS) is 1. The largest absolute Gasteiger partial charge is 0.508 e. The number of benzene rings is 2. The van der Waals surface area contributed by atoms with E-state index in [2.05, 4.69) is 22.5 Å². The third kappa shape index (κ3) is 7.21. The van der Waals surface area contributed by atoms with E-state index in [1.165, 1.54) is 12.1 Å². The van der Waals surface area contributed by atoms with Gasteiger partial charge in [-0.25, -0.2) is 9.78 Å². The molecule has 9 nitrogen and oxygen atoms in total. The molecule has 0 saturated carbocycles. The molecule has 0 saturated heterocycles. The molecule has 0 aliphatic carbocycles. The Morgan fingerprint density at radius 3 is 2.34 bits per heavy atom. The van der Waals surface area contributed by atoms with Crippen molar-refractivity contribution in [3.05, 3.63) is 76.3 Å². The van der Waals surface area contributed by atoms with Crippen molar-refractivity contribution in [2.45, 2.75) is 51.8 Å². The smallest absolute Gasteiger partial charge is 0.405 e. The number of aliphatic hydroxyl groups is 1. The van der Waals surface area contributed by atoms with E-state index in [9.17, 15) is 19.8 Å². The number of nitrogens with zero attached hydrogens (tertiary/aromatic N) is 2. The maximum absolute atomic E-state index is 12.8. The van der Waals surface area contributed by atoms with Crippen LogP contribution in [0.4, 0.5) is 10.5 Å². The lowest BCUT2D eigenvalue weighted by molar-refractivity contribution is -0.118. The molecule has 2 amide bonds. The maximum Gasteiger partial charge on any atom is 0.405 e. The zero-order valence-corrected chi connectivity index (χ0v) is 20.1. The van der Waals surface area contributed by atoms with Crippen molar-refractivity contribution in [1.29, 1.82) is 0 Å². The molecular weight excluding hydrogens is 472 g/mol. The molecule has 3 rings (SSSR count). The van der Waals surface area contributed by atoms with Crippen molar-refractivity contribution in [2.24, 2.45) is 0 Å². The highest BCUT2D eigenvalue weighted by Gasteiger charge is 2.21. The number of phenols is 1. The van der Waals surface area contributed by atoms with Gasteiger partial charge in [0.2, 0.25) is 5.91 Å². The van der Waals surface area contributed by atoms with E-state index in [0.717, 1.165) is 30.7 Å². The molecule has 186 valence electrons. The van der Waals surface area contributed by atoms with E-state index in [-0.39, 0.29) is 18.8 Å². The predicted octanol–water partition coefficient (Wildman–Crippen LogP) is 3.94. The number of aryl methyl sites for hydroxylation is 1. The van der Waals surface area contributed by atoms with Crippen LogP contribution in [-0.4, -0.2) is 42.9 Å². The average Bonchev–Trinajstić information content (AvgIpc) is 3.13. The van der Waals surface area contributed by atoms with Crippen molar-refractivity contribution >= 4 is 29.3 Å². The van der Waals surface area contributed by atoms with Gasteiger partial charge < -0.3 is 30.5 Å². The first-order chi connectivity index (χ1) is 16.8. The monoisotopic (exact) mass is 500 g/mol. The zero-order valence-electron chi connectivity index (χ0n) is 19.4. The van der Waals surface area contributed by atoms with Crippen molar-refractivity contribution in [3.63, 3.8) is 0 Å². The molecule has 0 spiro atoms. The van der Waals surface area contributed by atoms with Crippen LogP contribution in [0.15, 0.2) is 48.5 Å². The van der Waals surface area contributed by atoms with Gasteiger partial charge in [-0.05, 0) is 41.8 Å². The first kappa shape index (κ1) is 26.1. The summed E-state index contributed by atoms with van der Waals surface area (Å²) in [5.41, 5.74) is 2.70. The van der Waals surface area contributed by atoms with Gasteiger partial charge in [0.25, 0.3) is 0 Å². The van der Waals surface area contributed by atoms with E-state index >= 15 is 0 Å². The summed E-state index contributed by atoms with van der Waals surface area (Å²) in [4.78, 5) is 28.4. The number of nitrogens with one attached hydrogen (secondary N) is 2. The number of amides is 2. The van der Waals surface area contributed by atoms with E-state index in [1.54, 1.807) is 24.3 Å². The molecule has 35 heavy (non-hydrogen) atoms. The Morgan fingerprint density at radius 2 is 1.74 bits per heavy atom. The molecule has 1 atom stereocenters. The topological polar surface area (TPSA) is 137 Å². The Bertz CT molecular complexity index is 1150. The molecule has 5 N–H and O–H groups in total. The first-order valence-corrected chi connectivity index (χ1v) is 11.7. The van der Waals surface area contributed by atoms with Crippen molar-refractivity contribution < 1.29 is 24.9 Å². The number of anilines is 1. The molecule has 0 radical (unpaired) electrons. The van der Waals surface area contributed by atoms with Crippen LogP contribution in [0.5, 0.6) is 5.75 Å². The lowest BCUT2D eigenvalue weighted by Crippen LogP contribution is -2.44. The number of rotatable bonds is 11. The lowest BCUT2D eigenvalue weighted by atomic mass is 10.0. The second kappa shape index (κ2) is 12.2. The van der Waals surface area contributed by atoms with Crippen LogP contribution < -0.4 is 10.6 Å². The Kier molecular flexibility index (Phi) is 9.11. The Morgan fingerprint density at radius 1 is 1.09 bits per heavy atom. The normalized spacial score (nSPS) is 11.7. The number of hydrogen-bond donors (Lipinski definition) is 5. The molecule has 3 aromatic rings. The third-order valence-corrected chi connectivity index (χ3v) is 5.86. The van der Waals surface area contributed by atoms with Crippen LogP contribution in [0.25, 0.3) is 0 Å². The molecule has 10 heteroatoms. The molecule has 0 aliphatic heterocycles. The maximum atomic E-state index is 12.8. The molecule has 0 bridgehead atoms. The van der Waals surface area contributed by atoms with Crippen molar-refractivity contribution in [3.8, 4) is 5.75 Å². The summed E-state index contributed by atoms with van der Waals surface area (Å²) >= 11 is 6.21. The van der Waals surface area contributed by atoms with Gasteiger partial charge in [0.1, 0.15) is 17.6 Å². The van der Waals surface area contributed by atoms with Gasteiger partial charge in [-0.1, -0.05) is 49.2 Å². The first-order valence-electron chi connectivity index (χ1n) is 11.3. The van der Waals surface area contributed by atoms with Crippen molar-refractivity contribution in [1.82, 2.24) is 14.9 Å². The molecule has 1 heterocycles. The number of phenolic OH excluding ortho intramolecular Hbond substituents is 1. The number of carbonyl (C=O) groups is 2. The Hall–Kier alpha value is -3.56. The summed E-state index contributed by atoms with van der Waals surface area (Å²) in [6.45, 7) is 2.34. The molecule has 0 unspecified atom stereocenters. The summed E-state index contributed by atoms with van der Waals surface area (Å²) in [5.74, 6) is 0.400. The Labute approximate surface area is 208 Å². The van der Waals surface area contributed by atoms with Crippen molar-refractivity contribution in [2.75, 3.05) is 5.32 Å². The fraction of sp³-hybridized carbons (Fsp3) is 0.320. The van der Waals surface area contributed by atoms with Gasteiger partial charge >= 0.3 is 6.09 Å². The zero-order chi connectivity index (χ0) is 25.4. The number of aromatic nitrogens is 2. The molecule has 0 aliphatic rings. The third-order valence-electron chi connectivity index (χ3n) is 5.56. The highest BCUT2D eigenvalue weighted by Crippen LogP contribution is 2.22. The highest BCUT2D eigenvalue weighted by atomic mass is 35.5. The fourth-order valence-corrected chi connectivity index (χ4v) is 3.96. The number of unbranched alkanes of at least 4 members (excludes halogenated alkanes) is 1. The minimum atomic E-state index is -1.31. The quantitative estimate of drug-likeness (QED) is 0.270. The van der Waals surface area contributed by atoms with Crippen LogP contribution in [0.3, 0.4) is 0 Å². The van der Waals surface area contributed by atoms with Gasteiger partial charge in [-0.15, -0.1) is 0 Å². The summed E-state index contributed by atoms with van der Waals surface area (Å²) in [6.07, 6.45) is 1.54. The molecule has 0 fully saturated rings. The fourth-order valence-electron chi connectivity index (χ4n) is 3.70. The van der Waals surface area contributed by atoms with Crippen LogP contribution in [0.1, 0.15) is 42.4 Å². The predicted molar refractivity (Wildman–Crippen MR) is 133 cm³/mol. The van der Waals surface area contributed by atoms with Crippen LogP contribution >= 0.6 is 11.6 Å². The number of aliphatic hydroxyl groups excluding tert-OH is 1. The number of hydrogen-bond acceptors (Lipinski definition) is 5. The molecular formula is C25H29ClN4O5. The summed E-state index contributed by atoms with van der Waals surface area (Å²) < 4.78 is 1.91. The van der Waals surface area contributed by atoms with Crippen LogP contribution in [-0.2, 0) is 30.8 Å². The van der Waals surface area contributed by atoms with Gasteiger partial charge in [-0.2, -0.15) is 0 Å². The number of imidazole rings is 1. The van der Waals surface area contributed by atoms with E-state index < -0.39 is 18.0 Å². The Balaban J connectivity index is 1.70. The lowest BCUT2D eigenvalue weighted by Gasteiger charge is -2.17. The molecule has 2 aromatic carbocycles. The minimum absolute atomic E-state index is 0.0857. The number of carbonyl (C=O) groups excluding carboxylic acids is 1. The summed E-state index contributed by atoms with van der Waals surface area (Å²) in [6, 6.07) is 12.3. The van der Waals surface area contributed by atoms with Crippen LogP contribution in [0, 0.1) is 0 Å². The van der Waals surface area contributed by atoms with Gasteiger partial charge in [0, 0.05) is 25.1 Å². The number of halogens is 1.